The Morgan fingerprint density at radius 1 is 1.28 bits per heavy atom. The van der Waals surface area contributed by atoms with Gasteiger partial charge in [0.15, 0.2) is 0 Å². The van der Waals surface area contributed by atoms with Crippen LogP contribution in [0.2, 0.25) is 0 Å². The number of carbonyl (C=O) groups is 2. The number of hydrogen-bond donors (Lipinski definition) is 3. The number of benzene rings is 1. The Hall–Kier alpha value is -3.23. The number of rotatable bonds is 5. The lowest BCUT2D eigenvalue weighted by Crippen LogP contribution is -2.35. The molecule has 214 valence electrons. The molecule has 1 saturated heterocycles. The first-order valence-corrected chi connectivity index (χ1v) is 14.8. The van der Waals surface area contributed by atoms with E-state index in [9.17, 15) is 22.8 Å². The summed E-state index contributed by atoms with van der Waals surface area (Å²) in [4.78, 5) is 39.1. The van der Waals surface area contributed by atoms with Crippen molar-refractivity contribution in [3.8, 4) is 6.07 Å². The van der Waals surface area contributed by atoms with E-state index in [0.29, 0.717) is 29.7 Å². The Balaban J connectivity index is 0.000000238. The van der Waals surface area contributed by atoms with Crippen LogP contribution >= 0.6 is 0 Å². The van der Waals surface area contributed by atoms with Gasteiger partial charge in [-0.15, -0.1) is 0 Å². The Bertz CT molecular complexity index is 1380. The molecule has 1 unspecified atom stereocenters. The fourth-order valence-corrected chi connectivity index (χ4v) is 4.87. The van der Waals surface area contributed by atoms with Crippen LogP contribution in [0.4, 0.5) is 0 Å². The number of nitrogens with two attached hydrogens (primary N) is 1. The van der Waals surface area contributed by atoms with Crippen molar-refractivity contribution < 1.29 is 18.0 Å². The maximum absolute atomic E-state index is 12.0. The molecule has 10 nitrogen and oxygen atoms in total. The molecule has 11 heteroatoms. The first-order chi connectivity index (χ1) is 17.9. The highest BCUT2D eigenvalue weighted by Gasteiger charge is 2.62. The van der Waals surface area contributed by atoms with Gasteiger partial charge in [0.2, 0.25) is 22.3 Å². The van der Waals surface area contributed by atoms with Crippen molar-refractivity contribution in [3.63, 3.8) is 0 Å². The van der Waals surface area contributed by atoms with Gasteiger partial charge >= 0.3 is 0 Å². The lowest BCUT2D eigenvalue weighted by molar-refractivity contribution is -0.132. The van der Waals surface area contributed by atoms with Crippen molar-refractivity contribution in [2.45, 2.75) is 60.4 Å². The van der Waals surface area contributed by atoms with Gasteiger partial charge in [-0.2, -0.15) is 5.26 Å². The quantitative estimate of drug-likeness (QED) is 0.476. The van der Waals surface area contributed by atoms with Gasteiger partial charge in [0, 0.05) is 37.0 Å². The number of fused-ring (bicyclic) bond motifs is 2. The largest absolute Gasteiger partial charge is 0.343 e. The molecule has 1 aromatic heterocycles. The summed E-state index contributed by atoms with van der Waals surface area (Å²) >= 11 is 0. The van der Waals surface area contributed by atoms with Gasteiger partial charge in [-0.1, -0.05) is 46.2 Å². The van der Waals surface area contributed by atoms with Crippen molar-refractivity contribution in [2.75, 3.05) is 19.3 Å². The topological polar surface area (TPSA) is 166 Å². The number of piperidine rings is 1. The van der Waals surface area contributed by atoms with Gasteiger partial charge in [0.05, 0.1) is 12.3 Å². The summed E-state index contributed by atoms with van der Waals surface area (Å²) in [6.45, 7) is 15.0. The number of amides is 2. The van der Waals surface area contributed by atoms with Crippen LogP contribution in [0.5, 0.6) is 0 Å². The summed E-state index contributed by atoms with van der Waals surface area (Å²) in [6, 6.07) is 8.74. The van der Waals surface area contributed by atoms with Crippen LogP contribution < -0.4 is 16.0 Å². The lowest BCUT2D eigenvalue weighted by atomic mass is 9.91. The first-order valence-electron chi connectivity index (χ1n) is 12.8. The van der Waals surface area contributed by atoms with Crippen LogP contribution in [0.15, 0.2) is 29.1 Å². The van der Waals surface area contributed by atoms with Crippen LogP contribution in [0, 0.1) is 40.9 Å². The Morgan fingerprint density at radius 2 is 1.85 bits per heavy atom. The first kappa shape index (κ1) is 32.0. The van der Waals surface area contributed by atoms with Gasteiger partial charge in [0.1, 0.15) is 6.04 Å². The molecule has 2 amide bonds. The van der Waals surface area contributed by atoms with Crippen LogP contribution in [0.25, 0.3) is 10.9 Å². The molecule has 2 aliphatic rings. The zero-order valence-corrected chi connectivity index (χ0v) is 24.7. The average molecular weight is 560 g/mol. The number of H-pyrrole nitrogens is 1. The second-order valence-electron chi connectivity index (χ2n) is 12.3. The molecular formula is C28H41N5O5S. The Labute approximate surface area is 231 Å². The highest BCUT2D eigenvalue weighted by atomic mass is 32.2. The summed E-state index contributed by atoms with van der Waals surface area (Å²) in [5, 5.41) is 16.5. The average Bonchev–Trinajstić information content (AvgIpc) is 3.11. The molecule has 4 N–H and O–H groups in total. The third-order valence-electron chi connectivity index (χ3n) is 7.08. The molecule has 1 aromatic carbocycles. The summed E-state index contributed by atoms with van der Waals surface area (Å²) in [6.07, 6.45) is 2.28. The minimum atomic E-state index is -3.17. The molecule has 2 fully saturated rings. The van der Waals surface area contributed by atoms with E-state index >= 15 is 0 Å². The number of aromatic nitrogens is 1. The van der Waals surface area contributed by atoms with Crippen molar-refractivity contribution in [1.82, 2.24) is 15.2 Å². The van der Waals surface area contributed by atoms with Gasteiger partial charge < -0.3 is 15.2 Å². The zero-order chi connectivity index (χ0) is 29.8. The molecule has 2 aromatic rings. The summed E-state index contributed by atoms with van der Waals surface area (Å²) < 4.78 is 18.8. The van der Waals surface area contributed by atoms with Crippen LogP contribution in [0.3, 0.4) is 0 Å². The minimum Gasteiger partial charge on any atom is -0.343 e. The third kappa shape index (κ3) is 9.79. The fourth-order valence-electron chi connectivity index (χ4n) is 4.87. The van der Waals surface area contributed by atoms with E-state index in [1.54, 1.807) is 6.07 Å². The molecule has 0 radical (unpaired) electrons. The normalized spacial score (nSPS) is 19.8. The summed E-state index contributed by atoms with van der Waals surface area (Å²) in [5.74, 6) is 1.91. The lowest BCUT2D eigenvalue weighted by Gasteiger charge is -2.26. The predicted octanol–water partition coefficient (Wildman–Crippen LogP) is 2.46. The molecular weight excluding hydrogens is 518 g/mol. The number of pyridine rings is 1. The summed E-state index contributed by atoms with van der Waals surface area (Å²) in [5.41, 5.74) is 2.74. The summed E-state index contributed by atoms with van der Waals surface area (Å²) in [7, 11) is -3.17. The number of likely N-dealkylation sites (tertiary alicyclic amines) is 1. The molecule has 0 spiro atoms. The standard InChI is InChI=1S/C14H13N3O2.C13H23NO.CH5NO2S/c1-9-2-3-13-10(4-9)5-11(14(19)17-13)6-12(7-15)16-8-18;1-12(2,3)6-11(15)14-7-9-10(8-14)13(9,4)5;1-5(2,3)4/h2-5,8,12H,6H2,1H3,(H,16,18)(H,17,19);9-10H,6-8H2,1-5H3;1H3,(H2,2,3,4)/t12-;9-,10?;/m00./s1. The number of nitrogens with one attached hydrogen (secondary N) is 2. The Kier molecular flexibility index (Phi) is 10.1. The van der Waals surface area contributed by atoms with Gasteiger partial charge in [-0.05, 0) is 53.2 Å². The number of nitrogens with zero attached hydrogens (tertiary/aromatic N) is 2. The minimum absolute atomic E-state index is 0.124. The second kappa shape index (κ2) is 12.3. The number of sulfonamides is 1. The molecule has 4 rings (SSSR count). The van der Waals surface area contributed by atoms with E-state index < -0.39 is 16.1 Å². The number of aryl methyl sites for hydroxylation is 1. The number of hydrogen-bond acceptors (Lipinski definition) is 6. The number of nitriles is 1. The highest BCUT2D eigenvalue weighted by molar-refractivity contribution is 7.88. The van der Waals surface area contributed by atoms with E-state index in [4.69, 9.17) is 5.26 Å². The molecule has 3 atom stereocenters. The SMILES string of the molecule is CC(C)(C)CC(=O)N1CC2[C@H](C1)C2(C)C.CS(N)(=O)=O.Cc1ccc2[nH]c(=O)c(C[C@@H](C#N)NC=O)cc2c1. The number of aromatic amines is 1. The smallest absolute Gasteiger partial charge is 0.251 e. The van der Waals surface area contributed by atoms with Crippen molar-refractivity contribution in [3.05, 3.63) is 45.7 Å². The van der Waals surface area contributed by atoms with Crippen LogP contribution in [-0.2, 0) is 26.0 Å². The maximum atomic E-state index is 12.0. The van der Waals surface area contributed by atoms with Gasteiger partial charge in [-0.25, -0.2) is 13.6 Å². The number of carbonyl (C=O) groups excluding carboxylic acids is 2. The zero-order valence-electron chi connectivity index (χ0n) is 23.9. The molecule has 1 aliphatic carbocycles. The van der Waals surface area contributed by atoms with E-state index in [1.165, 1.54) is 0 Å². The van der Waals surface area contributed by atoms with Crippen molar-refractivity contribution in [2.24, 2.45) is 27.8 Å². The van der Waals surface area contributed by atoms with Gasteiger partial charge in [0.25, 0.3) is 5.56 Å². The molecule has 0 bridgehead atoms. The number of primary sulfonamides is 1. The van der Waals surface area contributed by atoms with Crippen molar-refractivity contribution >= 4 is 33.2 Å². The van der Waals surface area contributed by atoms with Crippen molar-refractivity contribution in [1.29, 1.82) is 5.26 Å². The van der Waals surface area contributed by atoms with E-state index in [2.05, 4.69) is 55.0 Å². The highest BCUT2D eigenvalue weighted by Crippen LogP contribution is 2.62. The van der Waals surface area contributed by atoms with E-state index in [1.807, 2.05) is 31.2 Å². The van der Waals surface area contributed by atoms with Crippen LogP contribution in [-0.4, -0.2) is 56.0 Å². The van der Waals surface area contributed by atoms with E-state index in [0.717, 1.165) is 47.6 Å². The molecule has 2 heterocycles. The second-order valence-corrected chi connectivity index (χ2v) is 13.9. The monoisotopic (exact) mass is 559 g/mol. The fraction of sp³-hybridized carbons (Fsp3) is 0.571. The third-order valence-corrected chi connectivity index (χ3v) is 7.08. The van der Waals surface area contributed by atoms with E-state index in [-0.39, 0.29) is 17.4 Å². The molecule has 1 saturated carbocycles. The predicted molar refractivity (Wildman–Crippen MR) is 152 cm³/mol. The van der Waals surface area contributed by atoms with Crippen LogP contribution in [0.1, 0.15) is 52.2 Å². The van der Waals surface area contributed by atoms with Gasteiger partial charge in [-0.3, -0.25) is 14.4 Å². The molecule has 39 heavy (non-hydrogen) atoms. The Morgan fingerprint density at radius 3 is 2.33 bits per heavy atom. The maximum Gasteiger partial charge on any atom is 0.251 e. The molecule has 1 aliphatic heterocycles.